The maximum atomic E-state index is 13.0. The van der Waals surface area contributed by atoms with Gasteiger partial charge in [-0.25, -0.2) is 0 Å². The minimum atomic E-state index is -0.825. The summed E-state index contributed by atoms with van der Waals surface area (Å²) in [5.74, 6) is 0.166. The smallest absolute Gasteiger partial charge is 0.268 e. The van der Waals surface area contributed by atoms with E-state index in [4.69, 9.17) is 4.74 Å². The van der Waals surface area contributed by atoms with Crippen molar-refractivity contribution in [1.82, 2.24) is 10.2 Å². The average molecular weight is 417 g/mol. The Morgan fingerprint density at radius 3 is 2.46 bits per heavy atom. The highest BCUT2D eigenvalue weighted by Crippen LogP contribution is 2.30. The van der Waals surface area contributed by atoms with Crippen molar-refractivity contribution in [1.29, 1.82) is 0 Å². The van der Waals surface area contributed by atoms with Crippen LogP contribution in [0.3, 0.4) is 0 Å². The zero-order valence-corrected chi connectivity index (χ0v) is 16.1. The number of benzene rings is 2. The van der Waals surface area contributed by atoms with E-state index in [1.54, 1.807) is 13.1 Å². The number of nitrogens with one attached hydrogen (secondary N) is 1. The first-order valence-corrected chi connectivity index (χ1v) is 9.34. The van der Waals surface area contributed by atoms with Crippen LogP contribution in [0, 0.1) is 0 Å². The predicted octanol–water partition coefficient (Wildman–Crippen LogP) is 3.31. The van der Waals surface area contributed by atoms with E-state index in [0.29, 0.717) is 5.75 Å². The third-order valence-corrected chi connectivity index (χ3v) is 4.76. The van der Waals surface area contributed by atoms with Crippen molar-refractivity contribution in [3.63, 3.8) is 0 Å². The van der Waals surface area contributed by atoms with Crippen LogP contribution in [-0.4, -0.2) is 36.3 Å². The van der Waals surface area contributed by atoms with Crippen LogP contribution in [0.2, 0.25) is 0 Å². The Bertz CT molecular complexity index is 778. The molecule has 1 fully saturated rings. The lowest BCUT2D eigenvalue weighted by atomic mass is 10.1. The Balaban J connectivity index is 1.76. The fraction of sp³-hybridized carbons (Fsp3) is 0.300. The molecule has 1 saturated carbocycles. The van der Waals surface area contributed by atoms with E-state index in [9.17, 15) is 9.59 Å². The minimum absolute atomic E-state index is 0.0119. The molecule has 5 nitrogen and oxygen atoms in total. The number of para-hydroxylation sites is 1. The molecule has 1 aliphatic carbocycles. The summed E-state index contributed by atoms with van der Waals surface area (Å²) >= 11 is 3.44. The van der Waals surface area contributed by atoms with E-state index in [1.165, 1.54) is 4.90 Å². The van der Waals surface area contributed by atoms with Gasteiger partial charge in [0.1, 0.15) is 5.75 Å². The number of halogens is 1. The topological polar surface area (TPSA) is 58.6 Å². The Morgan fingerprint density at radius 1 is 1.15 bits per heavy atom. The van der Waals surface area contributed by atoms with Gasteiger partial charge in [0.2, 0.25) is 12.0 Å². The molecular weight excluding hydrogens is 396 g/mol. The van der Waals surface area contributed by atoms with Crippen LogP contribution in [0.4, 0.5) is 0 Å². The van der Waals surface area contributed by atoms with Crippen molar-refractivity contribution in [2.45, 2.75) is 25.0 Å². The van der Waals surface area contributed by atoms with E-state index >= 15 is 0 Å². The number of hydrogen-bond donors (Lipinski definition) is 1. The highest BCUT2D eigenvalue weighted by Gasteiger charge is 2.29. The number of ether oxygens (including phenoxy) is 1. The van der Waals surface area contributed by atoms with Crippen molar-refractivity contribution < 1.29 is 14.3 Å². The SMILES string of the molecule is CN(CC(=O)NC1CC1)C(=O)C(Oc1ccccc1Br)c1ccccc1. The molecule has 1 aliphatic rings. The number of hydrogen-bond acceptors (Lipinski definition) is 3. The van der Waals surface area contributed by atoms with Crippen molar-refractivity contribution in [3.05, 3.63) is 64.6 Å². The zero-order chi connectivity index (χ0) is 18.5. The quantitative estimate of drug-likeness (QED) is 0.752. The second-order valence-electron chi connectivity index (χ2n) is 6.38. The van der Waals surface area contributed by atoms with Crippen molar-refractivity contribution >= 4 is 27.7 Å². The Morgan fingerprint density at radius 2 is 1.81 bits per heavy atom. The fourth-order valence-corrected chi connectivity index (χ4v) is 2.93. The third kappa shape index (κ3) is 4.85. The van der Waals surface area contributed by atoms with Crippen LogP contribution in [0.5, 0.6) is 5.75 Å². The molecule has 0 radical (unpaired) electrons. The molecule has 1 unspecified atom stereocenters. The standard InChI is InChI=1S/C20H21BrN2O3/c1-23(13-18(24)22-15-11-12-15)20(25)19(14-7-3-2-4-8-14)26-17-10-6-5-9-16(17)21/h2-10,15,19H,11-13H2,1H3,(H,22,24). The van der Waals surface area contributed by atoms with Gasteiger partial charge < -0.3 is 15.0 Å². The maximum Gasteiger partial charge on any atom is 0.268 e. The number of nitrogens with zero attached hydrogens (tertiary/aromatic N) is 1. The summed E-state index contributed by atoms with van der Waals surface area (Å²) in [6.07, 6.45) is 1.20. The molecule has 136 valence electrons. The number of amides is 2. The second-order valence-corrected chi connectivity index (χ2v) is 7.23. The Hall–Kier alpha value is -2.34. The van der Waals surface area contributed by atoms with Crippen LogP contribution in [-0.2, 0) is 9.59 Å². The molecule has 1 N–H and O–H groups in total. The van der Waals surface area contributed by atoms with Gasteiger partial charge in [-0.1, -0.05) is 42.5 Å². The molecule has 2 aromatic carbocycles. The third-order valence-electron chi connectivity index (χ3n) is 4.11. The van der Waals surface area contributed by atoms with Crippen LogP contribution >= 0.6 is 15.9 Å². The van der Waals surface area contributed by atoms with Crippen LogP contribution in [0.1, 0.15) is 24.5 Å². The van der Waals surface area contributed by atoms with Crippen LogP contribution in [0.25, 0.3) is 0 Å². The van der Waals surface area contributed by atoms with Gasteiger partial charge in [-0.15, -0.1) is 0 Å². The van der Waals surface area contributed by atoms with Crippen molar-refractivity contribution in [2.24, 2.45) is 0 Å². The highest BCUT2D eigenvalue weighted by atomic mass is 79.9. The molecule has 2 aromatic rings. The lowest BCUT2D eigenvalue weighted by Gasteiger charge is -2.25. The maximum absolute atomic E-state index is 13.0. The highest BCUT2D eigenvalue weighted by molar-refractivity contribution is 9.10. The number of carbonyl (C=O) groups excluding carboxylic acids is 2. The average Bonchev–Trinajstić information content (AvgIpc) is 3.45. The molecule has 26 heavy (non-hydrogen) atoms. The van der Waals surface area contributed by atoms with Crippen molar-refractivity contribution in [2.75, 3.05) is 13.6 Å². The van der Waals surface area contributed by atoms with Gasteiger partial charge in [0.25, 0.3) is 5.91 Å². The second kappa shape index (κ2) is 8.36. The first kappa shape index (κ1) is 18.5. The largest absolute Gasteiger partial charge is 0.475 e. The number of rotatable bonds is 7. The molecule has 1 atom stereocenters. The normalized spacial score (nSPS) is 14.4. The van der Waals surface area contributed by atoms with Crippen LogP contribution in [0.15, 0.2) is 59.1 Å². The summed E-state index contributed by atoms with van der Waals surface area (Å²) < 4.78 is 6.79. The summed E-state index contributed by atoms with van der Waals surface area (Å²) in [5.41, 5.74) is 0.739. The van der Waals surface area contributed by atoms with Gasteiger partial charge in [-0.2, -0.15) is 0 Å². The lowest BCUT2D eigenvalue weighted by molar-refractivity contribution is -0.141. The van der Waals surface area contributed by atoms with E-state index in [1.807, 2.05) is 48.5 Å². The molecule has 2 amide bonds. The molecule has 3 rings (SSSR count). The Kier molecular flexibility index (Phi) is 5.93. The first-order valence-electron chi connectivity index (χ1n) is 8.55. The lowest BCUT2D eigenvalue weighted by Crippen LogP contribution is -2.42. The van der Waals surface area contributed by atoms with E-state index < -0.39 is 6.10 Å². The molecule has 6 heteroatoms. The van der Waals surface area contributed by atoms with Gasteiger partial charge in [0.05, 0.1) is 11.0 Å². The summed E-state index contributed by atoms with van der Waals surface area (Å²) in [7, 11) is 1.62. The number of likely N-dealkylation sites (N-methyl/N-ethyl adjacent to an activating group) is 1. The summed E-state index contributed by atoms with van der Waals surface area (Å²) in [6.45, 7) is 0.0119. The summed E-state index contributed by atoms with van der Waals surface area (Å²) in [6, 6.07) is 16.9. The van der Waals surface area contributed by atoms with Gasteiger partial charge in [0, 0.05) is 18.7 Å². The van der Waals surface area contributed by atoms with Crippen molar-refractivity contribution in [3.8, 4) is 5.75 Å². The Labute approximate surface area is 161 Å². The molecule has 0 bridgehead atoms. The van der Waals surface area contributed by atoms with Gasteiger partial charge in [-0.3, -0.25) is 9.59 Å². The molecule has 0 heterocycles. The molecular formula is C20H21BrN2O3. The van der Waals surface area contributed by atoms with E-state index in [2.05, 4.69) is 21.2 Å². The summed E-state index contributed by atoms with van der Waals surface area (Å²) in [5, 5.41) is 2.90. The zero-order valence-electron chi connectivity index (χ0n) is 14.5. The predicted molar refractivity (Wildman–Crippen MR) is 103 cm³/mol. The molecule has 0 saturated heterocycles. The van der Waals surface area contributed by atoms with E-state index in [-0.39, 0.29) is 24.4 Å². The van der Waals surface area contributed by atoms with Gasteiger partial charge in [-0.05, 0) is 40.9 Å². The summed E-state index contributed by atoms with van der Waals surface area (Å²) in [4.78, 5) is 26.4. The molecule has 0 spiro atoms. The minimum Gasteiger partial charge on any atom is -0.475 e. The molecule has 0 aromatic heterocycles. The first-order chi connectivity index (χ1) is 12.5. The number of carbonyl (C=O) groups is 2. The van der Waals surface area contributed by atoms with Crippen LogP contribution < -0.4 is 10.1 Å². The van der Waals surface area contributed by atoms with E-state index in [0.717, 1.165) is 22.9 Å². The fourth-order valence-electron chi connectivity index (χ4n) is 2.55. The molecule has 0 aliphatic heterocycles. The van der Waals surface area contributed by atoms with Gasteiger partial charge in [0.15, 0.2) is 0 Å². The van der Waals surface area contributed by atoms with Gasteiger partial charge >= 0.3 is 0 Å². The monoisotopic (exact) mass is 416 g/mol.